The van der Waals surface area contributed by atoms with Gasteiger partial charge in [-0.1, -0.05) is 32.1 Å². The van der Waals surface area contributed by atoms with Crippen LogP contribution in [0.2, 0.25) is 0 Å². The Morgan fingerprint density at radius 1 is 0.629 bits per heavy atom. The van der Waals surface area contributed by atoms with Crippen LogP contribution < -0.4 is 31.3 Å². The molecule has 0 fully saturated rings. The third-order valence-corrected chi connectivity index (χ3v) is 9.44. The number of ether oxygens (including phenoxy) is 5. The summed E-state index contributed by atoms with van der Waals surface area (Å²) in [4.78, 5) is 82.0. The molecule has 352 valence electrons. The molecule has 4 amide bonds. The number of carbonyl (C=O) groups is 7. The van der Waals surface area contributed by atoms with Gasteiger partial charge in [0.05, 0.1) is 64.0 Å². The first-order valence-electron chi connectivity index (χ1n) is 21.3. The minimum absolute atomic E-state index is 0.0541. The lowest BCUT2D eigenvalue weighted by Crippen LogP contribution is -2.48. The number of carboxylic acids is 2. The molecule has 0 radical (unpaired) electrons. The zero-order chi connectivity index (χ0) is 45.7. The number of nitrogens with one attached hydrogen (secondary N) is 5. The Kier molecular flexibility index (Phi) is 31.9. The first-order chi connectivity index (χ1) is 29.9. The number of carboxylic acid groups (broad SMARTS) is 2. The molecule has 1 rings (SSSR count). The van der Waals surface area contributed by atoms with E-state index in [0.29, 0.717) is 50.9 Å². The number of aldehydes is 1. The Hall–Kier alpha value is -4.73. The number of aliphatic carboxylic acids is 1. The maximum absolute atomic E-state index is 12.3. The molecule has 8 N–H and O–H groups in total. The van der Waals surface area contributed by atoms with Crippen LogP contribution in [-0.2, 0) is 47.7 Å². The van der Waals surface area contributed by atoms with Crippen LogP contribution in [0.3, 0.4) is 0 Å². The molecule has 20 heteroatoms. The van der Waals surface area contributed by atoms with Gasteiger partial charge in [0.2, 0.25) is 23.6 Å². The minimum atomic E-state index is -1.21. The van der Waals surface area contributed by atoms with Gasteiger partial charge < -0.3 is 70.4 Å². The fraction of sp³-hybridized carbons (Fsp3) is 0.690. The van der Waals surface area contributed by atoms with Crippen molar-refractivity contribution in [1.82, 2.24) is 26.6 Å². The number of rotatable bonds is 41. The molecule has 0 aromatic heterocycles. The van der Waals surface area contributed by atoms with Gasteiger partial charge in [0.25, 0.3) is 0 Å². The van der Waals surface area contributed by atoms with E-state index in [4.69, 9.17) is 28.8 Å². The summed E-state index contributed by atoms with van der Waals surface area (Å²) >= 11 is 0. The molecular weight excluding hydrogens is 814 g/mol. The van der Waals surface area contributed by atoms with Crippen molar-refractivity contribution in [3.05, 3.63) is 29.8 Å². The Balaban J connectivity index is 1.94. The predicted octanol–water partition coefficient (Wildman–Crippen LogP) is 0.969. The number of carbonyl (C=O) groups excluding carboxylic acids is 5. The van der Waals surface area contributed by atoms with Crippen molar-refractivity contribution in [3.8, 4) is 5.75 Å². The van der Waals surface area contributed by atoms with E-state index in [2.05, 4.69) is 26.6 Å². The number of aromatic carboxylic acids is 1. The van der Waals surface area contributed by atoms with Crippen LogP contribution in [0.25, 0.3) is 0 Å². The lowest BCUT2D eigenvalue weighted by molar-refractivity contribution is -0.142. The topological polar surface area (TPSA) is 286 Å². The SMILES string of the molecule is CN[C@@](C=O)(CO)CCCCNC(=O)COCCOCCNC(=O)COCCOCCNC(=O)CC[C@H](NC(=O)CCCCCCCCCOc1ccc(C(=O)O)cc1)C(=O)O. The average Bonchev–Trinajstić information content (AvgIpc) is 3.26. The molecule has 0 saturated carbocycles. The fourth-order valence-electron chi connectivity index (χ4n) is 5.67. The van der Waals surface area contributed by atoms with Gasteiger partial charge in [0.15, 0.2) is 0 Å². The Morgan fingerprint density at radius 2 is 1.18 bits per heavy atom. The molecule has 0 saturated heterocycles. The Bertz CT molecular complexity index is 1430. The van der Waals surface area contributed by atoms with Gasteiger partial charge in [-0.2, -0.15) is 0 Å². The van der Waals surface area contributed by atoms with Crippen molar-refractivity contribution < 1.29 is 72.6 Å². The van der Waals surface area contributed by atoms with Gasteiger partial charge in [0, 0.05) is 32.5 Å². The maximum atomic E-state index is 12.3. The van der Waals surface area contributed by atoms with E-state index in [1.165, 1.54) is 12.1 Å². The summed E-state index contributed by atoms with van der Waals surface area (Å²) in [5.41, 5.74) is -0.739. The third kappa shape index (κ3) is 28.7. The smallest absolute Gasteiger partial charge is 0.335 e. The normalized spacial score (nSPS) is 12.4. The molecule has 0 aliphatic rings. The maximum Gasteiger partial charge on any atom is 0.335 e. The molecule has 0 aliphatic carbocycles. The second kappa shape index (κ2) is 35.8. The van der Waals surface area contributed by atoms with E-state index >= 15 is 0 Å². The summed E-state index contributed by atoms with van der Waals surface area (Å²) in [7, 11) is 1.61. The second-order valence-electron chi connectivity index (χ2n) is 14.4. The van der Waals surface area contributed by atoms with Crippen LogP contribution in [0.15, 0.2) is 24.3 Å². The second-order valence-corrected chi connectivity index (χ2v) is 14.4. The minimum Gasteiger partial charge on any atom is -0.494 e. The molecule has 20 nitrogen and oxygen atoms in total. The van der Waals surface area contributed by atoms with Gasteiger partial charge in [-0.25, -0.2) is 9.59 Å². The van der Waals surface area contributed by atoms with Crippen molar-refractivity contribution in [1.29, 1.82) is 0 Å². The van der Waals surface area contributed by atoms with E-state index in [9.17, 15) is 43.8 Å². The van der Waals surface area contributed by atoms with Crippen molar-refractivity contribution in [2.24, 2.45) is 0 Å². The molecule has 1 aromatic rings. The Morgan fingerprint density at radius 3 is 1.73 bits per heavy atom. The summed E-state index contributed by atoms with van der Waals surface area (Å²) in [5, 5.41) is 41.1. The van der Waals surface area contributed by atoms with E-state index < -0.39 is 23.5 Å². The summed E-state index contributed by atoms with van der Waals surface area (Å²) in [6, 6.07) is 5.12. The largest absolute Gasteiger partial charge is 0.494 e. The molecule has 0 unspecified atom stereocenters. The highest BCUT2D eigenvalue weighted by atomic mass is 16.5. The van der Waals surface area contributed by atoms with E-state index in [1.807, 2.05) is 0 Å². The third-order valence-electron chi connectivity index (χ3n) is 9.44. The van der Waals surface area contributed by atoms with E-state index in [1.54, 1.807) is 19.2 Å². The first-order valence-corrected chi connectivity index (χ1v) is 21.3. The lowest BCUT2D eigenvalue weighted by atomic mass is 9.95. The number of hydrogen-bond donors (Lipinski definition) is 8. The predicted molar refractivity (Wildman–Crippen MR) is 226 cm³/mol. The highest BCUT2D eigenvalue weighted by Gasteiger charge is 2.26. The first kappa shape index (κ1) is 55.3. The molecule has 0 heterocycles. The molecule has 0 spiro atoms. The van der Waals surface area contributed by atoms with Crippen LogP contribution in [0.1, 0.15) is 93.8 Å². The monoisotopic (exact) mass is 883 g/mol. The highest BCUT2D eigenvalue weighted by molar-refractivity contribution is 5.87. The fourth-order valence-corrected chi connectivity index (χ4v) is 5.67. The van der Waals surface area contributed by atoms with Crippen LogP contribution in [-0.4, -0.2) is 162 Å². The van der Waals surface area contributed by atoms with E-state index in [0.717, 1.165) is 38.5 Å². The summed E-state index contributed by atoms with van der Waals surface area (Å²) in [6.07, 6.45) is 8.81. The molecule has 2 atom stereocenters. The van der Waals surface area contributed by atoms with Crippen LogP contribution in [0.4, 0.5) is 0 Å². The van der Waals surface area contributed by atoms with Crippen LogP contribution in [0.5, 0.6) is 5.75 Å². The van der Waals surface area contributed by atoms with Crippen molar-refractivity contribution >= 4 is 41.9 Å². The van der Waals surface area contributed by atoms with Crippen LogP contribution in [0, 0.1) is 0 Å². The summed E-state index contributed by atoms with van der Waals surface area (Å²) < 4.78 is 26.9. The van der Waals surface area contributed by atoms with Gasteiger partial charge in [-0.05, 0) is 69.8 Å². The molecule has 62 heavy (non-hydrogen) atoms. The molecule has 0 bridgehead atoms. The number of benzene rings is 1. The zero-order valence-corrected chi connectivity index (χ0v) is 36.1. The zero-order valence-electron chi connectivity index (χ0n) is 36.1. The number of hydrogen-bond acceptors (Lipinski definition) is 14. The number of aliphatic hydroxyl groups excluding tert-OH is 1. The van der Waals surface area contributed by atoms with E-state index in [-0.39, 0.29) is 121 Å². The van der Waals surface area contributed by atoms with Crippen molar-refractivity contribution in [2.45, 2.75) is 95.1 Å². The summed E-state index contributed by atoms with van der Waals surface area (Å²) in [5.74, 6) is -2.91. The highest BCUT2D eigenvalue weighted by Crippen LogP contribution is 2.14. The number of aliphatic hydroxyl groups is 1. The lowest BCUT2D eigenvalue weighted by Gasteiger charge is -2.24. The number of unbranched alkanes of at least 4 members (excludes halogenated alkanes) is 7. The molecular formula is C42H69N5O15. The number of likely N-dealkylation sites (N-methyl/N-ethyl adjacent to an activating group) is 1. The Labute approximate surface area is 363 Å². The van der Waals surface area contributed by atoms with Crippen LogP contribution >= 0.6 is 0 Å². The molecule has 0 aliphatic heterocycles. The standard InChI is InChI=1S/C42H69N5O15/c1-43-42(31-48,32-49)18-8-9-19-44-38(52)29-60-27-26-59-24-21-46-39(53)30-61-28-25-58-23-20-45-36(50)17-16-35(41(56)57)47-37(51)11-7-5-3-2-4-6-10-22-62-34-14-12-33(13-15-34)40(54)55/h12-15,31,35,43,49H,2-11,16-30,32H2,1H3,(H,44,52)(H,45,50)(H,46,53)(H,47,51)(H,54,55)(H,56,57)/t35-,42-/m0/s1. The molecule has 1 aromatic carbocycles. The quantitative estimate of drug-likeness (QED) is 0.0336. The average molecular weight is 884 g/mol. The van der Waals surface area contributed by atoms with Gasteiger partial charge in [-0.15, -0.1) is 0 Å². The van der Waals surface area contributed by atoms with Gasteiger partial charge in [0.1, 0.15) is 31.3 Å². The van der Waals surface area contributed by atoms with Gasteiger partial charge in [-0.3, -0.25) is 19.2 Å². The van der Waals surface area contributed by atoms with Crippen molar-refractivity contribution in [3.63, 3.8) is 0 Å². The number of amides is 4. The summed E-state index contributed by atoms with van der Waals surface area (Å²) in [6.45, 7) is 2.01. The van der Waals surface area contributed by atoms with Gasteiger partial charge >= 0.3 is 11.9 Å². The van der Waals surface area contributed by atoms with Crippen molar-refractivity contribution in [2.75, 3.05) is 92.8 Å².